The van der Waals surface area contributed by atoms with Gasteiger partial charge in [0.05, 0.1) is 4.83 Å². The smallest absolute Gasteiger partial charge is 0.303 e. The Labute approximate surface area is 289 Å². The first-order valence-electron chi connectivity index (χ1n) is 17.7. The largest absolute Gasteiger partial charge is 0.459 e. The van der Waals surface area contributed by atoms with Crippen LogP contribution in [0.15, 0.2) is 0 Å². The SMILES string of the molecule is CC[C@@H](C(C)C)[C@H](OC(C)=O)[C@@H](OC(C)=O)[C@@H](C)[C@H]1CCC2C3C(Br)C(=O)C4C[C@H](OC(C)=O)[C@H](OC(C)=O)C[C@]4(C)C3CC[C@@]21C. The van der Waals surface area contributed by atoms with Crippen LogP contribution in [0.5, 0.6) is 0 Å². The molecule has 266 valence electrons. The summed E-state index contributed by atoms with van der Waals surface area (Å²) in [5.41, 5.74) is -0.543. The Morgan fingerprint density at radius 3 is 1.89 bits per heavy atom. The molecule has 4 saturated carbocycles. The Morgan fingerprint density at radius 1 is 0.809 bits per heavy atom. The number of rotatable bonds is 10. The number of esters is 4. The van der Waals surface area contributed by atoms with E-state index in [0.717, 1.165) is 32.1 Å². The van der Waals surface area contributed by atoms with E-state index in [4.69, 9.17) is 18.9 Å². The Hall–Kier alpha value is -1.97. The molecule has 0 aromatic rings. The van der Waals surface area contributed by atoms with Gasteiger partial charge in [0.25, 0.3) is 0 Å². The molecule has 0 radical (unpaired) electrons. The average Bonchev–Trinajstić information content (AvgIpc) is 3.31. The van der Waals surface area contributed by atoms with Crippen molar-refractivity contribution in [2.45, 2.75) is 143 Å². The summed E-state index contributed by atoms with van der Waals surface area (Å²) in [5, 5.41) is 0. The molecule has 9 nitrogen and oxygen atoms in total. The molecular formula is C37H57BrO9. The fourth-order valence-electron chi connectivity index (χ4n) is 11.1. The van der Waals surface area contributed by atoms with Crippen molar-refractivity contribution < 1.29 is 42.9 Å². The van der Waals surface area contributed by atoms with E-state index in [0.29, 0.717) is 12.8 Å². The zero-order valence-corrected chi connectivity index (χ0v) is 31.6. The minimum atomic E-state index is -0.651. The standard InChI is InChI=1S/C37H57BrO9/c1-11-24(18(2)3)35(47-23(8)42)34(46-22(7)41)19(4)25-12-13-26-31-27(14-15-36(25,26)9)37(10)17-30(45-21(6)40)29(44-20(5)39)16-28(37)33(43)32(31)38/h18-19,24-32,34-35H,11-17H2,1-10H3/t19-,24-,25+,26?,27?,28?,29-,30+,31?,32?,34-,35-,36+,37+/m0/s1. The predicted octanol–water partition coefficient (Wildman–Crippen LogP) is 6.85. The highest BCUT2D eigenvalue weighted by Crippen LogP contribution is 2.69. The molecule has 14 atom stereocenters. The highest BCUT2D eigenvalue weighted by atomic mass is 79.9. The summed E-state index contributed by atoms with van der Waals surface area (Å²) in [6.45, 7) is 18.5. The van der Waals surface area contributed by atoms with Crippen molar-refractivity contribution in [1.29, 1.82) is 0 Å². The lowest BCUT2D eigenvalue weighted by Gasteiger charge is -2.62. The van der Waals surface area contributed by atoms with E-state index in [1.807, 2.05) is 0 Å². The van der Waals surface area contributed by atoms with Gasteiger partial charge in [0, 0.05) is 45.4 Å². The Bertz CT molecular complexity index is 1220. The van der Waals surface area contributed by atoms with Gasteiger partial charge in [-0.25, -0.2) is 0 Å². The molecule has 5 unspecified atom stereocenters. The predicted molar refractivity (Wildman–Crippen MR) is 179 cm³/mol. The van der Waals surface area contributed by atoms with Gasteiger partial charge in [-0.1, -0.05) is 57.5 Å². The molecular weight excluding hydrogens is 668 g/mol. The van der Waals surface area contributed by atoms with Crippen molar-refractivity contribution >= 4 is 45.6 Å². The molecule has 0 bridgehead atoms. The summed E-state index contributed by atoms with van der Waals surface area (Å²) >= 11 is 3.91. The quantitative estimate of drug-likeness (QED) is 0.135. The monoisotopic (exact) mass is 724 g/mol. The highest BCUT2D eigenvalue weighted by Gasteiger charge is 2.67. The second kappa shape index (κ2) is 14.5. The Balaban J connectivity index is 1.68. The van der Waals surface area contributed by atoms with E-state index in [2.05, 4.69) is 57.5 Å². The third-order valence-corrected chi connectivity index (χ3v) is 14.1. The zero-order valence-electron chi connectivity index (χ0n) is 30.0. The normalized spacial score (nSPS) is 38.9. The van der Waals surface area contributed by atoms with Gasteiger partial charge in [-0.3, -0.25) is 24.0 Å². The summed E-state index contributed by atoms with van der Waals surface area (Å²) in [6.07, 6.45) is 2.93. The summed E-state index contributed by atoms with van der Waals surface area (Å²) in [4.78, 5) is 63.0. The van der Waals surface area contributed by atoms with Crippen molar-refractivity contribution in [3.8, 4) is 0 Å². The summed E-state index contributed by atoms with van der Waals surface area (Å²) in [6, 6.07) is 0. The van der Waals surface area contributed by atoms with Gasteiger partial charge in [0.1, 0.15) is 24.4 Å². The molecule has 0 aromatic heterocycles. The fourth-order valence-corrected chi connectivity index (χ4v) is 12.2. The van der Waals surface area contributed by atoms with Crippen molar-refractivity contribution in [2.24, 2.45) is 58.2 Å². The first kappa shape index (κ1) is 37.8. The number of carbonyl (C=O) groups is 5. The fraction of sp³-hybridized carbons (Fsp3) is 0.865. The number of ketones is 1. The van der Waals surface area contributed by atoms with Crippen LogP contribution in [0, 0.1) is 58.2 Å². The van der Waals surface area contributed by atoms with Gasteiger partial charge in [0.15, 0.2) is 5.78 Å². The molecule has 4 rings (SSSR count). The van der Waals surface area contributed by atoms with E-state index in [-0.39, 0.29) is 75.3 Å². The van der Waals surface area contributed by atoms with Crippen LogP contribution in [0.25, 0.3) is 0 Å². The van der Waals surface area contributed by atoms with Gasteiger partial charge in [-0.2, -0.15) is 0 Å². The third kappa shape index (κ3) is 7.19. The van der Waals surface area contributed by atoms with Crippen LogP contribution < -0.4 is 0 Å². The minimum Gasteiger partial charge on any atom is -0.459 e. The summed E-state index contributed by atoms with van der Waals surface area (Å²) in [7, 11) is 0. The van der Waals surface area contributed by atoms with E-state index in [9.17, 15) is 24.0 Å². The molecule has 0 aromatic carbocycles. The third-order valence-electron chi connectivity index (χ3n) is 13.0. The van der Waals surface area contributed by atoms with Crippen molar-refractivity contribution in [3.63, 3.8) is 0 Å². The number of halogens is 1. The van der Waals surface area contributed by atoms with Gasteiger partial charge < -0.3 is 18.9 Å². The number of Topliss-reactive ketones (excluding diaryl/α,β-unsaturated/α-hetero) is 1. The lowest BCUT2D eigenvalue weighted by atomic mass is 9.43. The Morgan fingerprint density at radius 2 is 1.36 bits per heavy atom. The molecule has 0 N–H and O–H groups in total. The number of alkyl halides is 1. The first-order chi connectivity index (χ1) is 21.9. The average molecular weight is 726 g/mol. The second-order valence-electron chi connectivity index (χ2n) is 15.9. The number of carbonyl (C=O) groups excluding carboxylic acids is 5. The maximum atomic E-state index is 14.3. The maximum Gasteiger partial charge on any atom is 0.303 e. The van der Waals surface area contributed by atoms with Crippen molar-refractivity contribution in [1.82, 2.24) is 0 Å². The van der Waals surface area contributed by atoms with Crippen molar-refractivity contribution in [2.75, 3.05) is 0 Å². The molecule has 0 aliphatic heterocycles. The van der Waals surface area contributed by atoms with E-state index < -0.39 is 41.8 Å². The van der Waals surface area contributed by atoms with Crippen LogP contribution in [-0.2, 0) is 42.9 Å². The van der Waals surface area contributed by atoms with E-state index in [1.165, 1.54) is 27.7 Å². The molecule has 4 aliphatic carbocycles. The van der Waals surface area contributed by atoms with Gasteiger partial charge in [-0.05, 0) is 85.4 Å². The number of hydrogen-bond donors (Lipinski definition) is 0. The molecule has 0 amide bonds. The van der Waals surface area contributed by atoms with Crippen LogP contribution in [0.2, 0.25) is 0 Å². The maximum absolute atomic E-state index is 14.3. The minimum absolute atomic E-state index is 0.0264. The first-order valence-corrected chi connectivity index (χ1v) is 18.6. The van der Waals surface area contributed by atoms with E-state index >= 15 is 0 Å². The molecule has 47 heavy (non-hydrogen) atoms. The van der Waals surface area contributed by atoms with Crippen LogP contribution in [0.3, 0.4) is 0 Å². The second-order valence-corrected chi connectivity index (χ2v) is 16.9. The lowest BCUT2D eigenvalue weighted by Crippen LogP contribution is -2.64. The van der Waals surface area contributed by atoms with Gasteiger partial charge in [-0.15, -0.1) is 0 Å². The van der Waals surface area contributed by atoms with Crippen molar-refractivity contribution in [3.05, 3.63) is 0 Å². The molecule has 0 saturated heterocycles. The zero-order chi connectivity index (χ0) is 35.2. The number of fused-ring (bicyclic) bond motifs is 5. The molecule has 0 spiro atoms. The van der Waals surface area contributed by atoms with Gasteiger partial charge >= 0.3 is 23.9 Å². The molecule has 4 aliphatic rings. The molecule has 10 heteroatoms. The van der Waals surface area contributed by atoms with E-state index in [1.54, 1.807) is 0 Å². The van der Waals surface area contributed by atoms with Crippen LogP contribution in [0.4, 0.5) is 0 Å². The molecule has 4 fully saturated rings. The molecule has 0 heterocycles. The number of ether oxygens (including phenoxy) is 4. The van der Waals surface area contributed by atoms with Crippen LogP contribution in [0.1, 0.15) is 114 Å². The lowest BCUT2D eigenvalue weighted by molar-refractivity contribution is -0.196. The summed E-state index contributed by atoms with van der Waals surface area (Å²) < 4.78 is 23.5. The Kier molecular flexibility index (Phi) is 11.7. The van der Waals surface area contributed by atoms with Crippen LogP contribution in [-0.4, -0.2) is 58.9 Å². The van der Waals surface area contributed by atoms with Gasteiger partial charge in [0.2, 0.25) is 0 Å². The highest BCUT2D eigenvalue weighted by molar-refractivity contribution is 9.10. The summed E-state index contributed by atoms with van der Waals surface area (Å²) in [5.74, 6) is -0.913. The van der Waals surface area contributed by atoms with Crippen LogP contribution >= 0.6 is 15.9 Å². The topological polar surface area (TPSA) is 122 Å². The number of hydrogen-bond acceptors (Lipinski definition) is 9.